The van der Waals surface area contributed by atoms with E-state index < -0.39 is 0 Å². The second-order valence-electron chi connectivity index (χ2n) is 5.30. The van der Waals surface area contributed by atoms with Crippen molar-refractivity contribution in [3.05, 3.63) is 16.4 Å². The Bertz CT molecular complexity index is 487. The standard InChI is InChI=1S/C14H22ClN3O2/c1-4-20-14(19)11-6-5-7-18(8-11)9-12-13(15)10(2)16-17(12)3/h11H,4-9H2,1-3H3/t11-/m0/s1. The SMILES string of the molecule is CCOC(=O)[C@H]1CCCN(Cc2c(Cl)c(C)nn2C)C1. The van der Waals surface area contributed by atoms with E-state index in [0.29, 0.717) is 6.61 Å². The first-order valence-electron chi connectivity index (χ1n) is 7.09. The first-order valence-corrected chi connectivity index (χ1v) is 7.47. The van der Waals surface area contributed by atoms with Crippen molar-refractivity contribution in [1.29, 1.82) is 0 Å². The van der Waals surface area contributed by atoms with E-state index >= 15 is 0 Å². The lowest BCUT2D eigenvalue weighted by atomic mass is 9.98. The van der Waals surface area contributed by atoms with Gasteiger partial charge in [-0.15, -0.1) is 0 Å². The second kappa shape index (κ2) is 6.59. The first-order chi connectivity index (χ1) is 9.52. The van der Waals surface area contributed by atoms with E-state index in [9.17, 15) is 4.79 Å². The molecule has 20 heavy (non-hydrogen) atoms. The van der Waals surface area contributed by atoms with Gasteiger partial charge in [0.25, 0.3) is 0 Å². The summed E-state index contributed by atoms with van der Waals surface area (Å²) in [4.78, 5) is 14.1. The molecule has 1 fully saturated rings. The number of rotatable bonds is 4. The van der Waals surface area contributed by atoms with Crippen LogP contribution in [-0.4, -0.2) is 40.3 Å². The van der Waals surface area contributed by atoms with Gasteiger partial charge < -0.3 is 4.74 Å². The van der Waals surface area contributed by atoms with Crippen molar-refractivity contribution in [3.8, 4) is 0 Å². The van der Waals surface area contributed by atoms with Gasteiger partial charge in [-0.05, 0) is 33.2 Å². The highest BCUT2D eigenvalue weighted by Gasteiger charge is 2.27. The van der Waals surface area contributed by atoms with Gasteiger partial charge in [-0.1, -0.05) is 11.6 Å². The molecule has 2 heterocycles. The molecule has 0 N–H and O–H groups in total. The average Bonchev–Trinajstić information content (AvgIpc) is 2.66. The van der Waals surface area contributed by atoms with Gasteiger partial charge in [0.15, 0.2) is 0 Å². The number of carbonyl (C=O) groups is 1. The normalized spacial score (nSPS) is 20.1. The number of carbonyl (C=O) groups excluding carboxylic acids is 1. The molecule has 1 atom stereocenters. The molecule has 0 aromatic carbocycles. The fourth-order valence-corrected chi connectivity index (χ4v) is 2.94. The number of nitrogens with zero attached hydrogens (tertiary/aromatic N) is 3. The van der Waals surface area contributed by atoms with Crippen LogP contribution < -0.4 is 0 Å². The number of likely N-dealkylation sites (tertiary alicyclic amines) is 1. The highest BCUT2D eigenvalue weighted by Crippen LogP contribution is 2.24. The molecule has 2 rings (SSSR count). The Kier molecular flexibility index (Phi) is 5.05. The Labute approximate surface area is 124 Å². The lowest BCUT2D eigenvalue weighted by Crippen LogP contribution is -2.39. The fourth-order valence-electron chi connectivity index (χ4n) is 2.72. The number of hydrogen-bond acceptors (Lipinski definition) is 4. The molecular formula is C14H22ClN3O2. The first kappa shape index (κ1) is 15.3. The predicted molar refractivity (Wildman–Crippen MR) is 77.6 cm³/mol. The minimum absolute atomic E-state index is 0.0169. The highest BCUT2D eigenvalue weighted by molar-refractivity contribution is 6.31. The van der Waals surface area contributed by atoms with Crippen molar-refractivity contribution in [1.82, 2.24) is 14.7 Å². The van der Waals surface area contributed by atoms with E-state index in [1.807, 2.05) is 25.6 Å². The van der Waals surface area contributed by atoms with Gasteiger partial charge in [0, 0.05) is 20.1 Å². The zero-order valence-corrected chi connectivity index (χ0v) is 13.1. The Hall–Kier alpha value is -1.07. The van der Waals surface area contributed by atoms with Crippen LogP contribution in [0.3, 0.4) is 0 Å². The van der Waals surface area contributed by atoms with Crippen molar-refractivity contribution < 1.29 is 9.53 Å². The summed E-state index contributed by atoms with van der Waals surface area (Å²) in [6, 6.07) is 0. The molecule has 1 aliphatic rings. The van der Waals surface area contributed by atoms with Gasteiger partial charge in [0.05, 0.1) is 28.9 Å². The molecular weight excluding hydrogens is 278 g/mol. The molecule has 1 aromatic heterocycles. The maximum absolute atomic E-state index is 11.8. The number of aryl methyl sites for hydroxylation is 2. The van der Waals surface area contributed by atoms with Crippen LogP contribution in [-0.2, 0) is 23.1 Å². The maximum Gasteiger partial charge on any atom is 0.310 e. The van der Waals surface area contributed by atoms with E-state index in [1.165, 1.54) is 0 Å². The molecule has 0 saturated carbocycles. The number of halogens is 1. The molecule has 6 heteroatoms. The predicted octanol–water partition coefficient (Wildman–Crippen LogP) is 2.16. The van der Waals surface area contributed by atoms with Crippen LogP contribution in [0.5, 0.6) is 0 Å². The minimum Gasteiger partial charge on any atom is -0.466 e. The summed E-state index contributed by atoms with van der Waals surface area (Å²) >= 11 is 6.28. The van der Waals surface area contributed by atoms with Crippen molar-refractivity contribution in [2.75, 3.05) is 19.7 Å². The molecule has 0 aliphatic carbocycles. The van der Waals surface area contributed by atoms with E-state index in [-0.39, 0.29) is 11.9 Å². The summed E-state index contributed by atoms with van der Waals surface area (Å²) in [5.74, 6) is -0.0960. The number of aromatic nitrogens is 2. The summed E-state index contributed by atoms with van der Waals surface area (Å²) in [6.07, 6.45) is 1.92. The smallest absolute Gasteiger partial charge is 0.310 e. The molecule has 0 bridgehead atoms. The third-order valence-corrected chi connectivity index (χ3v) is 4.25. The fraction of sp³-hybridized carbons (Fsp3) is 0.714. The zero-order valence-electron chi connectivity index (χ0n) is 12.4. The average molecular weight is 300 g/mol. The molecule has 0 amide bonds. The number of esters is 1. The van der Waals surface area contributed by atoms with Crippen LogP contribution in [0, 0.1) is 12.8 Å². The molecule has 112 valence electrons. The van der Waals surface area contributed by atoms with Crippen molar-refractivity contribution in [2.45, 2.75) is 33.2 Å². The van der Waals surface area contributed by atoms with Gasteiger partial charge in [-0.3, -0.25) is 14.4 Å². The van der Waals surface area contributed by atoms with Gasteiger partial charge in [-0.2, -0.15) is 5.10 Å². The number of piperidine rings is 1. The van der Waals surface area contributed by atoms with Gasteiger partial charge in [0.1, 0.15) is 0 Å². The molecule has 1 aliphatic heterocycles. The summed E-state index contributed by atoms with van der Waals surface area (Å²) < 4.78 is 6.95. The Balaban J connectivity index is 2.01. The third-order valence-electron chi connectivity index (χ3n) is 3.76. The van der Waals surface area contributed by atoms with E-state index in [2.05, 4.69) is 10.00 Å². The molecule has 0 unspecified atom stereocenters. The summed E-state index contributed by atoms with van der Waals surface area (Å²) in [6.45, 7) is 6.64. The van der Waals surface area contributed by atoms with Crippen LogP contribution in [0.25, 0.3) is 0 Å². The lowest BCUT2D eigenvalue weighted by molar-refractivity contribution is -0.150. The number of ether oxygens (including phenoxy) is 1. The van der Waals surface area contributed by atoms with Gasteiger partial charge >= 0.3 is 5.97 Å². The lowest BCUT2D eigenvalue weighted by Gasteiger charge is -2.31. The Morgan fingerprint density at radius 2 is 2.30 bits per heavy atom. The van der Waals surface area contributed by atoms with E-state index in [1.54, 1.807) is 0 Å². The Morgan fingerprint density at radius 1 is 1.55 bits per heavy atom. The Morgan fingerprint density at radius 3 is 2.90 bits per heavy atom. The van der Waals surface area contributed by atoms with Crippen LogP contribution in [0.1, 0.15) is 31.2 Å². The molecule has 1 saturated heterocycles. The van der Waals surface area contributed by atoms with Crippen molar-refractivity contribution >= 4 is 17.6 Å². The third kappa shape index (κ3) is 3.33. The maximum atomic E-state index is 11.8. The molecule has 1 aromatic rings. The minimum atomic E-state index is -0.0792. The summed E-state index contributed by atoms with van der Waals surface area (Å²) in [5.41, 5.74) is 1.86. The van der Waals surface area contributed by atoms with E-state index in [0.717, 1.165) is 48.9 Å². The summed E-state index contributed by atoms with van der Waals surface area (Å²) in [7, 11) is 1.90. The van der Waals surface area contributed by atoms with Gasteiger partial charge in [-0.25, -0.2) is 0 Å². The quantitative estimate of drug-likeness (QED) is 0.799. The van der Waals surface area contributed by atoms with Crippen LogP contribution in [0.15, 0.2) is 0 Å². The zero-order chi connectivity index (χ0) is 14.7. The van der Waals surface area contributed by atoms with Gasteiger partial charge in [0.2, 0.25) is 0 Å². The number of hydrogen-bond donors (Lipinski definition) is 0. The van der Waals surface area contributed by atoms with Crippen LogP contribution >= 0.6 is 11.6 Å². The van der Waals surface area contributed by atoms with E-state index in [4.69, 9.17) is 16.3 Å². The van der Waals surface area contributed by atoms with Crippen molar-refractivity contribution in [2.24, 2.45) is 13.0 Å². The monoisotopic (exact) mass is 299 g/mol. The topological polar surface area (TPSA) is 47.4 Å². The van der Waals surface area contributed by atoms with Crippen LogP contribution in [0.2, 0.25) is 5.02 Å². The molecule has 0 radical (unpaired) electrons. The largest absolute Gasteiger partial charge is 0.466 e. The van der Waals surface area contributed by atoms with Crippen molar-refractivity contribution in [3.63, 3.8) is 0 Å². The molecule has 5 nitrogen and oxygen atoms in total. The molecule has 0 spiro atoms. The summed E-state index contributed by atoms with van der Waals surface area (Å²) in [5, 5.41) is 5.05. The highest BCUT2D eigenvalue weighted by atomic mass is 35.5. The van der Waals surface area contributed by atoms with Crippen LogP contribution in [0.4, 0.5) is 0 Å². The second-order valence-corrected chi connectivity index (χ2v) is 5.67.